The maximum atomic E-state index is 13.8. The van der Waals surface area contributed by atoms with E-state index < -0.39 is 11.5 Å². The Morgan fingerprint density at radius 2 is 1.72 bits per heavy atom. The van der Waals surface area contributed by atoms with E-state index in [-0.39, 0.29) is 35.5 Å². The maximum Gasteiger partial charge on any atom is 0.245 e. The van der Waals surface area contributed by atoms with Gasteiger partial charge in [-0.15, -0.1) is 0 Å². The van der Waals surface area contributed by atoms with Gasteiger partial charge in [0.15, 0.2) is 0 Å². The predicted molar refractivity (Wildman–Crippen MR) is 149 cm³/mol. The van der Waals surface area contributed by atoms with Crippen molar-refractivity contribution < 1.29 is 18.8 Å². The summed E-state index contributed by atoms with van der Waals surface area (Å²) in [6, 6.07) is 13.7. The Bertz CT molecular complexity index is 1220. The van der Waals surface area contributed by atoms with Crippen molar-refractivity contribution >= 4 is 23.4 Å². The first-order valence-corrected chi connectivity index (χ1v) is 14.1. The van der Waals surface area contributed by atoms with Crippen molar-refractivity contribution in [1.29, 1.82) is 0 Å². The van der Waals surface area contributed by atoms with Crippen LogP contribution in [0.1, 0.15) is 57.1 Å². The van der Waals surface area contributed by atoms with Gasteiger partial charge in [0.25, 0.3) is 0 Å². The van der Waals surface area contributed by atoms with Crippen LogP contribution >= 0.6 is 0 Å². The van der Waals surface area contributed by atoms with E-state index in [1.807, 2.05) is 55.0 Å². The van der Waals surface area contributed by atoms with Gasteiger partial charge in [0.2, 0.25) is 17.7 Å². The third kappa shape index (κ3) is 5.44. The largest absolute Gasteiger partial charge is 0.344 e. The van der Waals surface area contributed by atoms with Crippen LogP contribution in [0.4, 0.5) is 10.1 Å². The van der Waals surface area contributed by atoms with Gasteiger partial charge in [-0.05, 0) is 82.3 Å². The second-order valence-electron chi connectivity index (χ2n) is 11.8. The number of nitrogens with one attached hydrogen (secondary N) is 2. The van der Waals surface area contributed by atoms with Crippen LogP contribution in [-0.2, 0) is 26.2 Å². The van der Waals surface area contributed by atoms with E-state index in [2.05, 4.69) is 10.6 Å². The molecule has 1 saturated heterocycles. The quantitative estimate of drug-likeness (QED) is 0.569. The van der Waals surface area contributed by atoms with E-state index in [4.69, 9.17) is 0 Å². The van der Waals surface area contributed by atoms with Crippen molar-refractivity contribution in [2.75, 3.05) is 25.0 Å². The lowest BCUT2D eigenvalue weighted by atomic mass is 9.86. The molecule has 2 heterocycles. The molecule has 2 aliphatic heterocycles. The zero-order valence-corrected chi connectivity index (χ0v) is 23.1. The summed E-state index contributed by atoms with van der Waals surface area (Å²) >= 11 is 0. The zero-order chi connectivity index (χ0) is 27.7. The van der Waals surface area contributed by atoms with Crippen molar-refractivity contribution in [2.45, 2.75) is 75.9 Å². The molecule has 2 aromatic carbocycles. The topological polar surface area (TPSA) is 81.8 Å². The highest BCUT2D eigenvalue weighted by molar-refractivity contribution is 6.08. The van der Waals surface area contributed by atoms with Crippen molar-refractivity contribution in [2.24, 2.45) is 5.92 Å². The lowest BCUT2D eigenvalue weighted by molar-refractivity contribution is -0.138. The summed E-state index contributed by atoms with van der Waals surface area (Å²) in [5, 5.41) is 6.29. The van der Waals surface area contributed by atoms with Gasteiger partial charge in [0, 0.05) is 43.2 Å². The Hall–Kier alpha value is -3.26. The first-order valence-electron chi connectivity index (χ1n) is 14.1. The minimum absolute atomic E-state index is 0.0200. The third-order valence-corrected chi connectivity index (χ3v) is 8.91. The summed E-state index contributed by atoms with van der Waals surface area (Å²) in [6.45, 7) is 4.96. The molecule has 5 rings (SSSR count). The molecule has 3 atom stereocenters. The number of halogens is 1. The van der Waals surface area contributed by atoms with E-state index in [1.54, 1.807) is 12.1 Å². The molecule has 0 unspecified atom stereocenters. The molecule has 8 heteroatoms. The summed E-state index contributed by atoms with van der Waals surface area (Å²) in [7, 11) is 1.91. The highest BCUT2D eigenvalue weighted by Crippen LogP contribution is 2.43. The van der Waals surface area contributed by atoms with Crippen molar-refractivity contribution in [1.82, 2.24) is 15.5 Å². The number of hydrogen-bond acceptors (Lipinski definition) is 4. The standard InChI is InChI=1S/C31H39FN4O3/c1-31(2)25-6-4-5-7-27(25)36(30(31)39)24-14-16-35(17-15-24)29(38)26(18-20-8-11-22(32)12-9-20)34-28(37)21-10-13-23(19-21)33-3/h4-9,11-12,21,23-24,26,33H,10,13-19H2,1-3H3,(H,34,37)/t21-,23+,26-/m0/s1. The summed E-state index contributed by atoms with van der Waals surface area (Å²) in [6.07, 6.45) is 4.14. The first kappa shape index (κ1) is 27.3. The summed E-state index contributed by atoms with van der Waals surface area (Å²) < 4.78 is 13.5. The smallest absolute Gasteiger partial charge is 0.245 e. The van der Waals surface area contributed by atoms with Crippen LogP contribution in [0.2, 0.25) is 0 Å². The Labute approximate surface area is 230 Å². The lowest BCUT2D eigenvalue weighted by Gasteiger charge is -2.39. The number of nitrogens with zero attached hydrogens (tertiary/aromatic N) is 2. The second kappa shape index (κ2) is 11.1. The van der Waals surface area contributed by atoms with Crippen LogP contribution in [0.5, 0.6) is 0 Å². The molecule has 2 N–H and O–H groups in total. The number of hydrogen-bond donors (Lipinski definition) is 2. The molecule has 0 spiro atoms. The average molecular weight is 535 g/mol. The molecule has 0 radical (unpaired) electrons. The number of likely N-dealkylation sites (tertiary alicyclic amines) is 1. The Morgan fingerprint density at radius 3 is 2.38 bits per heavy atom. The molecule has 3 aliphatic rings. The van der Waals surface area contributed by atoms with Gasteiger partial charge in [0.05, 0.1) is 5.41 Å². The predicted octanol–water partition coefficient (Wildman–Crippen LogP) is 3.56. The number of para-hydroxylation sites is 1. The number of rotatable bonds is 7. The number of carbonyl (C=O) groups is 3. The molecule has 0 aromatic heterocycles. The van der Waals surface area contributed by atoms with E-state index >= 15 is 0 Å². The molecule has 3 amide bonds. The normalized spacial score (nSPS) is 23.5. The number of amides is 3. The van der Waals surface area contributed by atoms with Crippen molar-refractivity contribution in [3.05, 3.63) is 65.5 Å². The highest BCUT2D eigenvalue weighted by Gasteiger charge is 2.47. The second-order valence-corrected chi connectivity index (χ2v) is 11.8. The molecule has 2 aromatic rings. The average Bonchev–Trinajstić information content (AvgIpc) is 3.51. The zero-order valence-electron chi connectivity index (χ0n) is 23.1. The summed E-state index contributed by atoms with van der Waals surface area (Å²) in [4.78, 5) is 44.1. The van der Waals surface area contributed by atoms with Gasteiger partial charge in [-0.3, -0.25) is 14.4 Å². The van der Waals surface area contributed by atoms with Gasteiger partial charge in [0.1, 0.15) is 11.9 Å². The molecule has 1 aliphatic carbocycles. The SMILES string of the molecule is CN[C@@H]1CC[C@H](C(=O)N[C@@H](Cc2ccc(F)cc2)C(=O)N2CCC(N3C(=O)C(C)(C)c4ccccc43)CC2)C1. The van der Waals surface area contributed by atoms with Crippen LogP contribution < -0.4 is 15.5 Å². The van der Waals surface area contributed by atoms with E-state index in [9.17, 15) is 18.8 Å². The molecule has 2 fully saturated rings. The Balaban J connectivity index is 1.28. The van der Waals surface area contributed by atoms with Crippen molar-refractivity contribution in [3.8, 4) is 0 Å². The number of anilines is 1. The van der Waals surface area contributed by atoms with Crippen LogP contribution in [0.15, 0.2) is 48.5 Å². The van der Waals surface area contributed by atoms with Gasteiger partial charge >= 0.3 is 0 Å². The maximum absolute atomic E-state index is 13.8. The number of benzene rings is 2. The fourth-order valence-corrected chi connectivity index (χ4v) is 6.49. The first-order chi connectivity index (χ1) is 18.7. The number of piperidine rings is 1. The summed E-state index contributed by atoms with van der Waals surface area (Å²) in [5.41, 5.74) is 2.24. The molecule has 7 nitrogen and oxygen atoms in total. The van der Waals surface area contributed by atoms with Gasteiger partial charge in [-0.1, -0.05) is 30.3 Å². The minimum atomic E-state index is -0.721. The third-order valence-electron chi connectivity index (χ3n) is 8.91. The summed E-state index contributed by atoms with van der Waals surface area (Å²) in [5.74, 6) is -0.571. The van der Waals surface area contributed by atoms with Gasteiger partial charge in [-0.2, -0.15) is 0 Å². The number of carbonyl (C=O) groups excluding carboxylic acids is 3. The Morgan fingerprint density at radius 1 is 1.03 bits per heavy atom. The number of fused-ring (bicyclic) bond motifs is 1. The van der Waals surface area contributed by atoms with Crippen LogP contribution in [0, 0.1) is 11.7 Å². The fourth-order valence-electron chi connectivity index (χ4n) is 6.49. The lowest BCUT2D eigenvalue weighted by Crippen LogP contribution is -2.55. The van der Waals surface area contributed by atoms with Crippen LogP contribution in [0.3, 0.4) is 0 Å². The van der Waals surface area contributed by atoms with Crippen molar-refractivity contribution in [3.63, 3.8) is 0 Å². The minimum Gasteiger partial charge on any atom is -0.344 e. The monoisotopic (exact) mass is 534 g/mol. The van der Waals surface area contributed by atoms with E-state index in [0.29, 0.717) is 38.4 Å². The van der Waals surface area contributed by atoms with Crippen LogP contribution in [0.25, 0.3) is 0 Å². The molecular weight excluding hydrogens is 495 g/mol. The van der Waals surface area contributed by atoms with Gasteiger partial charge < -0.3 is 20.4 Å². The highest BCUT2D eigenvalue weighted by atomic mass is 19.1. The molecule has 0 bridgehead atoms. The molecule has 1 saturated carbocycles. The molecule has 208 valence electrons. The van der Waals surface area contributed by atoms with Crippen LogP contribution in [-0.4, -0.2) is 60.9 Å². The molecular formula is C31H39FN4O3. The van der Waals surface area contributed by atoms with Gasteiger partial charge in [-0.25, -0.2) is 4.39 Å². The fraction of sp³-hybridized carbons (Fsp3) is 0.516. The Kier molecular flexibility index (Phi) is 7.76. The van der Waals surface area contributed by atoms with E-state index in [1.165, 1.54) is 12.1 Å². The van der Waals surface area contributed by atoms with E-state index in [0.717, 1.165) is 36.1 Å². The molecule has 39 heavy (non-hydrogen) atoms.